The number of unbranched alkanes of at least 4 members (excludes halogenated alkanes) is 1. The molecule has 0 radical (unpaired) electrons. The summed E-state index contributed by atoms with van der Waals surface area (Å²) in [5.41, 5.74) is 2.49. The van der Waals surface area contributed by atoms with E-state index in [0.29, 0.717) is 18.1 Å². The first-order valence-electron chi connectivity index (χ1n) is 7.23. The maximum atomic E-state index is 11.9. The first-order chi connectivity index (χ1) is 10.6. The minimum Gasteiger partial charge on any atom is -0.352 e. The summed E-state index contributed by atoms with van der Waals surface area (Å²) in [7, 11) is 0. The number of carbonyl (C=O) groups excluding carboxylic acids is 1. The van der Waals surface area contributed by atoms with Crippen molar-refractivity contribution in [1.29, 1.82) is 0 Å². The highest BCUT2D eigenvalue weighted by atomic mass is 79.9. The Morgan fingerprint density at radius 2 is 2.00 bits per heavy atom. The Morgan fingerprint density at radius 3 is 2.64 bits per heavy atom. The SMILES string of the molecule is CCCCNC(=O)c1cnc(Nc2ccc(Br)c(C)c2)nc1. The molecule has 6 heteroatoms. The molecule has 116 valence electrons. The van der Waals surface area contributed by atoms with Gasteiger partial charge in [-0.15, -0.1) is 0 Å². The maximum absolute atomic E-state index is 11.9. The molecule has 5 nitrogen and oxygen atoms in total. The van der Waals surface area contributed by atoms with E-state index in [1.54, 1.807) is 0 Å². The predicted molar refractivity (Wildman–Crippen MR) is 91.4 cm³/mol. The first-order valence-corrected chi connectivity index (χ1v) is 8.03. The number of carbonyl (C=O) groups is 1. The molecule has 1 aromatic heterocycles. The number of benzene rings is 1. The highest BCUT2D eigenvalue weighted by molar-refractivity contribution is 9.10. The highest BCUT2D eigenvalue weighted by Gasteiger charge is 2.06. The lowest BCUT2D eigenvalue weighted by Gasteiger charge is -2.07. The fraction of sp³-hybridized carbons (Fsp3) is 0.312. The third-order valence-corrected chi connectivity index (χ3v) is 4.03. The maximum Gasteiger partial charge on any atom is 0.254 e. The van der Waals surface area contributed by atoms with Gasteiger partial charge in [0, 0.05) is 29.1 Å². The van der Waals surface area contributed by atoms with Gasteiger partial charge in [-0.25, -0.2) is 9.97 Å². The minimum atomic E-state index is -0.139. The lowest BCUT2D eigenvalue weighted by atomic mass is 10.2. The van der Waals surface area contributed by atoms with Crippen molar-refractivity contribution in [3.8, 4) is 0 Å². The number of nitrogens with zero attached hydrogens (tertiary/aromatic N) is 2. The zero-order valence-corrected chi connectivity index (χ0v) is 14.3. The summed E-state index contributed by atoms with van der Waals surface area (Å²) in [5.74, 6) is 0.325. The molecule has 0 unspecified atom stereocenters. The van der Waals surface area contributed by atoms with Crippen molar-refractivity contribution < 1.29 is 4.79 Å². The smallest absolute Gasteiger partial charge is 0.254 e. The lowest BCUT2D eigenvalue weighted by molar-refractivity contribution is 0.0952. The van der Waals surface area contributed by atoms with Crippen LogP contribution in [0.1, 0.15) is 35.7 Å². The largest absolute Gasteiger partial charge is 0.352 e. The van der Waals surface area contributed by atoms with Gasteiger partial charge in [-0.1, -0.05) is 29.3 Å². The Balaban J connectivity index is 1.99. The summed E-state index contributed by atoms with van der Waals surface area (Å²) in [6.07, 6.45) is 5.08. The fourth-order valence-corrected chi connectivity index (χ4v) is 2.09. The van der Waals surface area contributed by atoms with Crippen LogP contribution in [0.5, 0.6) is 0 Å². The summed E-state index contributed by atoms with van der Waals surface area (Å²) >= 11 is 3.46. The second-order valence-corrected chi connectivity index (χ2v) is 5.85. The van der Waals surface area contributed by atoms with Gasteiger partial charge in [0.2, 0.25) is 5.95 Å². The van der Waals surface area contributed by atoms with E-state index >= 15 is 0 Å². The normalized spacial score (nSPS) is 10.3. The number of amides is 1. The predicted octanol–water partition coefficient (Wildman–Crippen LogP) is 3.82. The van der Waals surface area contributed by atoms with Gasteiger partial charge in [0.05, 0.1) is 5.56 Å². The quantitative estimate of drug-likeness (QED) is 0.766. The van der Waals surface area contributed by atoms with E-state index in [4.69, 9.17) is 0 Å². The molecule has 1 aromatic carbocycles. The zero-order chi connectivity index (χ0) is 15.9. The van der Waals surface area contributed by atoms with Crippen LogP contribution in [0.25, 0.3) is 0 Å². The number of hydrogen-bond acceptors (Lipinski definition) is 4. The van der Waals surface area contributed by atoms with Crippen LogP contribution in [0.2, 0.25) is 0 Å². The van der Waals surface area contributed by atoms with E-state index < -0.39 is 0 Å². The van der Waals surface area contributed by atoms with Crippen LogP contribution < -0.4 is 10.6 Å². The van der Waals surface area contributed by atoms with E-state index in [1.165, 1.54) is 12.4 Å². The average Bonchev–Trinajstić information content (AvgIpc) is 2.52. The van der Waals surface area contributed by atoms with Gasteiger partial charge in [0.15, 0.2) is 0 Å². The molecule has 22 heavy (non-hydrogen) atoms. The fourth-order valence-electron chi connectivity index (χ4n) is 1.84. The van der Waals surface area contributed by atoms with Crippen LogP contribution in [0.4, 0.5) is 11.6 Å². The van der Waals surface area contributed by atoms with Gasteiger partial charge in [-0.2, -0.15) is 0 Å². The summed E-state index contributed by atoms with van der Waals surface area (Å²) < 4.78 is 1.05. The monoisotopic (exact) mass is 362 g/mol. The van der Waals surface area contributed by atoms with E-state index in [1.807, 2.05) is 25.1 Å². The van der Waals surface area contributed by atoms with E-state index in [-0.39, 0.29) is 5.91 Å². The third-order valence-electron chi connectivity index (χ3n) is 3.14. The molecule has 0 atom stereocenters. The second-order valence-electron chi connectivity index (χ2n) is 4.99. The number of hydrogen-bond donors (Lipinski definition) is 2. The highest BCUT2D eigenvalue weighted by Crippen LogP contribution is 2.21. The average molecular weight is 363 g/mol. The molecule has 2 N–H and O–H groups in total. The Hall–Kier alpha value is -1.95. The summed E-state index contributed by atoms with van der Waals surface area (Å²) in [6, 6.07) is 5.90. The van der Waals surface area contributed by atoms with Crippen LogP contribution in [0.3, 0.4) is 0 Å². The van der Waals surface area contributed by atoms with Crippen molar-refractivity contribution in [1.82, 2.24) is 15.3 Å². The molecular weight excluding hydrogens is 344 g/mol. The molecular formula is C16H19BrN4O. The Labute approximate surface area is 138 Å². The Bertz CT molecular complexity index is 643. The van der Waals surface area contributed by atoms with Crippen molar-refractivity contribution >= 4 is 33.5 Å². The Kier molecular flexibility index (Phi) is 5.89. The number of nitrogens with one attached hydrogen (secondary N) is 2. The molecule has 0 saturated heterocycles. The van der Waals surface area contributed by atoms with Crippen LogP contribution in [-0.4, -0.2) is 22.4 Å². The number of halogens is 1. The van der Waals surface area contributed by atoms with Crippen molar-refractivity contribution in [3.05, 3.63) is 46.2 Å². The lowest BCUT2D eigenvalue weighted by Crippen LogP contribution is -2.24. The molecule has 0 aliphatic heterocycles. The molecule has 1 heterocycles. The standard InChI is InChI=1S/C16H19BrN4O/c1-3-4-7-18-15(22)12-9-19-16(20-10-12)21-13-5-6-14(17)11(2)8-13/h5-6,8-10H,3-4,7H2,1-2H3,(H,18,22)(H,19,20,21). The number of aryl methyl sites for hydroxylation is 1. The van der Waals surface area contributed by atoms with Crippen molar-refractivity contribution in [2.75, 3.05) is 11.9 Å². The Morgan fingerprint density at radius 1 is 1.27 bits per heavy atom. The van der Waals surface area contributed by atoms with Gasteiger partial charge in [-0.05, 0) is 37.1 Å². The number of aromatic nitrogens is 2. The molecule has 0 aliphatic carbocycles. The molecule has 2 rings (SSSR count). The van der Waals surface area contributed by atoms with Crippen LogP contribution >= 0.6 is 15.9 Å². The molecule has 0 aliphatic rings. The number of anilines is 2. The van der Waals surface area contributed by atoms with E-state index in [0.717, 1.165) is 28.6 Å². The molecule has 2 aromatic rings. The molecule has 0 fully saturated rings. The molecule has 0 bridgehead atoms. The van der Waals surface area contributed by atoms with Crippen LogP contribution in [0.15, 0.2) is 35.1 Å². The van der Waals surface area contributed by atoms with E-state index in [9.17, 15) is 4.79 Å². The summed E-state index contributed by atoms with van der Waals surface area (Å²) in [5, 5.41) is 5.95. The summed E-state index contributed by atoms with van der Waals surface area (Å²) in [6.45, 7) is 4.77. The van der Waals surface area contributed by atoms with Crippen LogP contribution in [0, 0.1) is 6.92 Å². The molecule has 1 amide bonds. The number of rotatable bonds is 6. The molecule has 0 saturated carbocycles. The van der Waals surface area contributed by atoms with Crippen molar-refractivity contribution in [3.63, 3.8) is 0 Å². The zero-order valence-electron chi connectivity index (χ0n) is 12.7. The van der Waals surface area contributed by atoms with Gasteiger partial charge < -0.3 is 10.6 Å². The second kappa shape index (κ2) is 7.89. The van der Waals surface area contributed by atoms with Gasteiger partial charge in [0.1, 0.15) is 0 Å². The summed E-state index contributed by atoms with van der Waals surface area (Å²) in [4.78, 5) is 20.2. The van der Waals surface area contributed by atoms with Crippen LogP contribution in [-0.2, 0) is 0 Å². The molecule has 0 spiro atoms. The van der Waals surface area contributed by atoms with Gasteiger partial charge in [0.25, 0.3) is 5.91 Å². The minimum absolute atomic E-state index is 0.139. The van der Waals surface area contributed by atoms with Crippen molar-refractivity contribution in [2.24, 2.45) is 0 Å². The van der Waals surface area contributed by atoms with Gasteiger partial charge in [-0.3, -0.25) is 4.79 Å². The third kappa shape index (κ3) is 4.53. The first kappa shape index (κ1) is 16.4. The van der Waals surface area contributed by atoms with E-state index in [2.05, 4.69) is 43.5 Å². The topological polar surface area (TPSA) is 66.9 Å². The van der Waals surface area contributed by atoms with Gasteiger partial charge >= 0.3 is 0 Å². The van der Waals surface area contributed by atoms with Crippen molar-refractivity contribution in [2.45, 2.75) is 26.7 Å².